The zero-order valence-corrected chi connectivity index (χ0v) is 8.68. The molecule has 0 aliphatic carbocycles. The maximum Gasteiger partial charge on any atom is 0.146 e. The van der Waals surface area contributed by atoms with Crippen LogP contribution < -0.4 is 11.5 Å². The highest BCUT2D eigenvalue weighted by molar-refractivity contribution is 5.97. The maximum atomic E-state index is 5.68. The molecule has 0 amide bonds. The van der Waals surface area contributed by atoms with Crippen LogP contribution in [0.4, 0.5) is 0 Å². The molecule has 0 aliphatic rings. The highest BCUT2D eigenvalue weighted by Crippen LogP contribution is 1.97. The largest absolute Gasteiger partial charge is 0.426 e. The van der Waals surface area contributed by atoms with Crippen molar-refractivity contribution in [2.45, 2.75) is 25.3 Å². The van der Waals surface area contributed by atoms with Gasteiger partial charge in [-0.15, -0.1) is 0 Å². The number of nitrogens with two attached hydrogens (primary N) is 2. The summed E-state index contributed by atoms with van der Waals surface area (Å²) in [6.45, 7) is 1.49. The van der Waals surface area contributed by atoms with Gasteiger partial charge in [0.1, 0.15) is 10.5 Å². The predicted octanol–water partition coefficient (Wildman–Crippen LogP) is -1.26. The van der Waals surface area contributed by atoms with Gasteiger partial charge in [-0.1, -0.05) is 6.42 Å². The quantitative estimate of drug-likeness (QED) is 0.378. The lowest BCUT2D eigenvalue weighted by Crippen LogP contribution is -2.25. The van der Waals surface area contributed by atoms with Gasteiger partial charge in [0.15, 0.2) is 0 Å². The van der Waals surface area contributed by atoms with Crippen molar-refractivity contribution in [2.24, 2.45) is 11.5 Å². The average Bonchev–Trinajstić information content (AvgIpc) is 1.89. The molecule has 0 aromatic heterocycles. The van der Waals surface area contributed by atoms with Gasteiger partial charge in [-0.3, -0.25) is 0 Å². The Morgan fingerprint density at radius 1 is 1.40 bits per heavy atom. The van der Waals surface area contributed by atoms with E-state index in [2.05, 4.69) is 0 Å². The summed E-state index contributed by atoms with van der Waals surface area (Å²) in [6.07, 6.45) is 3.25. The summed E-state index contributed by atoms with van der Waals surface area (Å²) in [4.78, 5) is 0. The minimum atomic E-state index is 0.226. The zero-order valence-electron chi connectivity index (χ0n) is 6.68. The highest BCUT2D eigenvalue weighted by Gasteiger charge is 1.98. The van der Waals surface area contributed by atoms with Crippen molar-refractivity contribution in [2.75, 3.05) is 13.2 Å². The molecule has 0 aliphatic heterocycles. The topological polar surface area (TPSA) is 61.3 Å². The van der Waals surface area contributed by atoms with E-state index in [1.54, 1.807) is 0 Å². The summed E-state index contributed by atoms with van der Waals surface area (Å²) in [6, 6.07) is 0.226. The Balaban J connectivity index is 2.97. The van der Waals surface area contributed by atoms with Crippen LogP contribution >= 0.6 is 0 Å². The molecule has 0 spiro atoms. The smallest absolute Gasteiger partial charge is 0.146 e. The first-order valence-electron chi connectivity index (χ1n) is 3.76. The van der Waals surface area contributed by atoms with Crippen molar-refractivity contribution < 1.29 is 4.43 Å². The van der Waals surface area contributed by atoms with Gasteiger partial charge in [0.25, 0.3) is 0 Å². The van der Waals surface area contributed by atoms with Crippen LogP contribution in [0.25, 0.3) is 0 Å². The first-order chi connectivity index (χ1) is 4.81. The molecule has 4 heteroatoms. The highest BCUT2D eigenvalue weighted by atomic mass is 28.2. The third-order valence-electron chi connectivity index (χ3n) is 1.41. The van der Waals surface area contributed by atoms with Gasteiger partial charge in [0.2, 0.25) is 0 Å². The summed E-state index contributed by atoms with van der Waals surface area (Å²) in [5.41, 5.74) is 11.0. The lowest BCUT2D eigenvalue weighted by molar-refractivity contribution is 0.304. The first-order valence-corrected chi connectivity index (χ1v) is 4.57. The maximum absolute atomic E-state index is 5.68. The molecule has 0 radical (unpaired) electrons. The van der Waals surface area contributed by atoms with Crippen LogP contribution in [0.2, 0.25) is 0 Å². The Morgan fingerprint density at radius 2 is 2.10 bits per heavy atom. The molecular weight excluding hydrogens is 144 g/mol. The molecule has 62 valence electrons. The Bertz CT molecular complexity index is 72.8. The van der Waals surface area contributed by atoms with Crippen LogP contribution in [0.3, 0.4) is 0 Å². The molecule has 3 nitrogen and oxygen atoms in total. The molecule has 0 aromatic carbocycles. The van der Waals surface area contributed by atoms with E-state index in [1.165, 1.54) is 0 Å². The standard InChI is InChI=1S/C6H18N2OSi/c7-4-2-1-3-6(8)5-9-10/h6H,1-5,7-8H2,10H3. The van der Waals surface area contributed by atoms with Crippen molar-refractivity contribution in [3.63, 3.8) is 0 Å². The fourth-order valence-corrected chi connectivity index (χ4v) is 1.28. The van der Waals surface area contributed by atoms with Gasteiger partial charge in [-0.2, -0.15) is 0 Å². The van der Waals surface area contributed by atoms with E-state index in [0.717, 1.165) is 42.9 Å². The molecule has 4 N–H and O–H groups in total. The van der Waals surface area contributed by atoms with Gasteiger partial charge in [-0.05, 0) is 19.4 Å². The van der Waals surface area contributed by atoms with Crippen LogP contribution in [0.1, 0.15) is 19.3 Å². The number of rotatable bonds is 6. The molecule has 0 saturated carbocycles. The predicted molar refractivity (Wildman–Crippen MR) is 46.8 cm³/mol. The molecular formula is C6H18N2OSi. The van der Waals surface area contributed by atoms with E-state index in [4.69, 9.17) is 15.9 Å². The minimum absolute atomic E-state index is 0.226. The lowest BCUT2D eigenvalue weighted by atomic mass is 10.1. The summed E-state index contributed by atoms with van der Waals surface area (Å²) < 4.78 is 5.02. The van der Waals surface area contributed by atoms with Crippen LogP contribution in [0, 0.1) is 0 Å². The van der Waals surface area contributed by atoms with Crippen LogP contribution in [-0.2, 0) is 4.43 Å². The van der Waals surface area contributed by atoms with Crippen molar-refractivity contribution >= 4 is 10.5 Å². The normalized spacial score (nSPS) is 13.8. The van der Waals surface area contributed by atoms with Gasteiger partial charge >= 0.3 is 0 Å². The molecule has 0 bridgehead atoms. The summed E-state index contributed by atoms with van der Waals surface area (Å²) in [5.74, 6) is 0. The van der Waals surface area contributed by atoms with Crippen LogP contribution in [-0.4, -0.2) is 29.7 Å². The van der Waals surface area contributed by atoms with Crippen LogP contribution in [0.15, 0.2) is 0 Å². The van der Waals surface area contributed by atoms with E-state index >= 15 is 0 Å². The van der Waals surface area contributed by atoms with Crippen molar-refractivity contribution in [3.05, 3.63) is 0 Å². The van der Waals surface area contributed by atoms with Gasteiger partial charge in [-0.25, -0.2) is 0 Å². The van der Waals surface area contributed by atoms with E-state index in [0.29, 0.717) is 0 Å². The molecule has 1 unspecified atom stereocenters. The minimum Gasteiger partial charge on any atom is -0.426 e. The summed E-state index contributed by atoms with van der Waals surface area (Å²) in [7, 11) is 0.792. The van der Waals surface area contributed by atoms with Crippen LogP contribution in [0.5, 0.6) is 0 Å². The molecule has 0 heterocycles. The number of hydrogen-bond donors (Lipinski definition) is 2. The zero-order chi connectivity index (χ0) is 7.82. The molecule has 0 rings (SSSR count). The fraction of sp³-hybridized carbons (Fsp3) is 1.00. The van der Waals surface area contributed by atoms with Crippen molar-refractivity contribution in [3.8, 4) is 0 Å². The molecule has 1 atom stereocenters. The third-order valence-corrected chi connectivity index (χ3v) is 1.74. The molecule has 0 fully saturated rings. The fourth-order valence-electron chi connectivity index (χ4n) is 0.848. The second-order valence-electron chi connectivity index (χ2n) is 2.50. The average molecular weight is 162 g/mol. The molecule has 10 heavy (non-hydrogen) atoms. The Labute approximate surface area is 65.7 Å². The van der Waals surface area contributed by atoms with E-state index in [9.17, 15) is 0 Å². The van der Waals surface area contributed by atoms with Crippen molar-refractivity contribution in [1.82, 2.24) is 0 Å². The SMILES string of the molecule is NCCCCC(N)CO[SiH3]. The van der Waals surface area contributed by atoms with E-state index < -0.39 is 0 Å². The monoisotopic (exact) mass is 162 g/mol. The van der Waals surface area contributed by atoms with E-state index in [-0.39, 0.29) is 6.04 Å². The van der Waals surface area contributed by atoms with Gasteiger partial charge in [0.05, 0.1) is 0 Å². The number of hydrogen-bond acceptors (Lipinski definition) is 3. The Morgan fingerprint density at radius 3 is 2.60 bits per heavy atom. The van der Waals surface area contributed by atoms with Crippen molar-refractivity contribution in [1.29, 1.82) is 0 Å². The second-order valence-corrected chi connectivity index (χ2v) is 3.08. The lowest BCUT2D eigenvalue weighted by Gasteiger charge is -2.08. The molecule has 0 aromatic rings. The summed E-state index contributed by atoms with van der Waals surface area (Å²) in [5, 5.41) is 0. The Kier molecular flexibility index (Phi) is 7.28. The van der Waals surface area contributed by atoms with Gasteiger partial charge in [0, 0.05) is 12.6 Å². The summed E-state index contributed by atoms with van der Waals surface area (Å²) >= 11 is 0. The molecule has 0 saturated heterocycles. The Hall–Kier alpha value is 0.0969. The number of unbranched alkanes of at least 4 members (excludes halogenated alkanes) is 1. The first kappa shape index (κ1) is 10.1. The second kappa shape index (κ2) is 7.21. The third kappa shape index (κ3) is 6.22. The van der Waals surface area contributed by atoms with E-state index in [1.807, 2.05) is 0 Å². The van der Waals surface area contributed by atoms with Gasteiger partial charge < -0.3 is 15.9 Å².